The van der Waals surface area contributed by atoms with Crippen molar-refractivity contribution in [3.8, 4) is 5.75 Å². The number of allylic oxidation sites excluding steroid dienone is 1. The van der Waals surface area contributed by atoms with Crippen LogP contribution in [0.3, 0.4) is 0 Å². The zero-order chi connectivity index (χ0) is 37.9. The molecule has 3 N–H and O–H groups in total. The van der Waals surface area contributed by atoms with Crippen molar-refractivity contribution in [3.05, 3.63) is 47.7 Å². The van der Waals surface area contributed by atoms with Gasteiger partial charge in [0.2, 0.25) is 21.8 Å². The number of pyridine rings is 1. The van der Waals surface area contributed by atoms with Crippen LogP contribution in [0.5, 0.6) is 5.75 Å². The lowest BCUT2D eigenvalue weighted by atomic mass is 9.87. The number of piperidine rings is 1. The highest BCUT2D eigenvalue weighted by Gasteiger charge is 2.64. The Balaban J connectivity index is 1.13. The van der Waals surface area contributed by atoms with Crippen molar-refractivity contribution in [2.75, 3.05) is 19.6 Å². The van der Waals surface area contributed by atoms with Crippen LogP contribution in [-0.2, 0) is 30.8 Å². The number of carbonyl (C=O) groups excluding carboxylic acids is 4. The van der Waals surface area contributed by atoms with Crippen LogP contribution in [0.4, 0.5) is 4.79 Å². The quantitative estimate of drug-likeness (QED) is 0.391. The van der Waals surface area contributed by atoms with Gasteiger partial charge < -0.3 is 25.2 Å². The summed E-state index contributed by atoms with van der Waals surface area (Å²) in [6.45, 7) is 4.89. The number of nitrogens with one attached hydrogen (secondary N) is 3. The van der Waals surface area contributed by atoms with E-state index in [9.17, 15) is 27.6 Å². The SMILES string of the molecule is Cc1nc2ccccc2c2c1O[C@]1(CC2)C[C@H]2C(=O)N[C@]3(C(=O)NS(=O)(=O)C4(C)CC4)C[C@H]3/C=C\CCCCC[C@H](NC(=O)N3CCCCC3)C(=O)N2C1. The van der Waals surface area contributed by atoms with Crippen molar-refractivity contribution >= 4 is 44.7 Å². The summed E-state index contributed by atoms with van der Waals surface area (Å²) in [6, 6.07) is 5.77. The zero-order valence-corrected chi connectivity index (χ0v) is 32.1. The number of para-hydroxylation sites is 1. The van der Waals surface area contributed by atoms with Crippen LogP contribution in [0.2, 0.25) is 0 Å². The summed E-state index contributed by atoms with van der Waals surface area (Å²) in [5.41, 5.74) is 0.253. The Kier molecular flexibility index (Phi) is 9.41. The molecular weight excluding hydrogens is 709 g/mol. The molecule has 5 atom stereocenters. The number of urea groups is 1. The van der Waals surface area contributed by atoms with Gasteiger partial charge in [-0.2, -0.15) is 0 Å². The maximum Gasteiger partial charge on any atom is 0.318 e. The average molecular weight is 761 g/mol. The van der Waals surface area contributed by atoms with E-state index in [1.807, 2.05) is 43.3 Å². The molecule has 2 aliphatic carbocycles. The Labute approximate surface area is 317 Å². The van der Waals surface area contributed by atoms with Gasteiger partial charge in [0.05, 0.1) is 22.5 Å². The number of aromatic nitrogens is 1. The van der Waals surface area contributed by atoms with Gasteiger partial charge >= 0.3 is 6.03 Å². The van der Waals surface area contributed by atoms with E-state index in [1.54, 1.807) is 16.7 Å². The van der Waals surface area contributed by atoms with E-state index >= 15 is 0 Å². The van der Waals surface area contributed by atoms with E-state index < -0.39 is 55.7 Å². The summed E-state index contributed by atoms with van der Waals surface area (Å²) in [5, 5.41) is 7.04. The summed E-state index contributed by atoms with van der Waals surface area (Å²) in [5.74, 6) is -1.39. The molecule has 5 amide bonds. The van der Waals surface area contributed by atoms with Crippen molar-refractivity contribution in [3.63, 3.8) is 0 Å². The Hall–Kier alpha value is -4.20. The molecule has 2 saturated heterocycles. The van der Waals surface area contributed by atoms with Gasteiger partial charge in [0, 0.05) is 36.4 Å². The summed E-state index contributed by atoms with van der Waals surface area (Å²) >= 11 is 0. The van der Waals surface area contributed by atoms with E-state index in [1.165, 1.54) is 0 Å². The standard InChI is InChI=1S/C40H52N6O7S/c1-26-33-29(28-14-9-10-15-30(28)41-26)17-18-39(53-33)24-32-34(47)43-40(36(49)44-54(51,52)38(2)19-20-38)23-27(40)13-7-4-3-5-8-16-31(35(48)46(32)25-39)42-37(50)45-21-11-6-12-22-45/h7,9-10,13-15,27,31-32H,3-6,8,11-12,16-25H2,1-2H3,(H,42,50)(H,43,47)(H,44,49)/b13-7-/t27-,31+,32+,39-,40-/m1/s1. The highest BCUT2D eigenvalue weighted by molar-refractivity contribution is 7.91. The van der Waals surface area contributed by atoms with E-state index in [4.69, 9.17) is 9.72 Å². The van der Waals surface area contributed by atoms with Crippen molar-refractivity contribution < 1.29 is 32.3 Å². The van der Waals surface area contributed by atoms with E-state index in [0.717, 1.165) is 60.7 Å². The van der Waals surface area contributed by atoms with E-state index in [2.05, 4.69) is 15.4 Å². The number of fused-ring (bicyclic) bond motifs is 5. The molecule has 4 aliphatic heterocycles. The number of hydrogen-bond acceptors (Lipinski definition) is 8. The number of nitrogens with zero attached hydrogens (tertiary/aromatic N) is 3. The first kappa shape index (κ1) is 36.8. The minimum Gasteiger partial charge on any atom is -0.483 e. The van der Waals surface area contributed by atoms with Crippen LogP contribution >= 0.6 is 0 Å². The maximum atomic E-state index is 14.8. The van der Waals surface area contributed by atoms with Gasteiger partial charge in [-0.1, -0.05) is 43.2 Å². The van der Waals surface area contributed by atoms with Gasteiger partial charge in [0.15, 0.2) is 0 Å². The second-order valence-electron chi connectivity index (χ2n) is 16.8. The molecule has 290 valence electrons. The zero-order valence-electron chi connectivity index (χ0n) is 31.3. The van der Waals surface area contributed by atoms with Crippen molar-refractivity contribution in [1.29, 1.82) is 0 Å². The predicted molar refractivity (Wildman–Crippen MR) is 202 cm³/mol. The third-order valence-corrected chi connectivity index (χ3v) is 15.0. The Morgan fingerprint density at radius 3 is 2.54 bits per heavy atom. The Morgan fingerprint density at radius 1 is 1.00 bits per heavy atom. The number of carbonyl (C=O) groups is 4. The van der Waals surface area contributed by atoms with Gasteiger partial charge in [-0.05, 0) is 90.5 Å². The third kappa shape index (κ3) is 6.72. The minimum atomic E-state index is -3.96. The number of sulfonamides is 1. The van der Waals surface area contributed by atoms with E-state index in [0.29, 0.717) is 57.4 Å². The molecular formula is C40H52N6O7S. The van der Waals surface area contributed by atoms with Crippen LogP contribution in [0.25, 0.3) is 10.9 Å². The number of hydrogen-bond donors (Lipinski definition) is 3. The van der Waals surface area contributed by atoms with Gasteiger partial charge in [0.1, 0.15) is 29.0 Å². The maximum absolute atomic E-state index is 14.8. The Morgan fingerprint density at radius 2 is 1.76 bits per heavy atom. The lowest BCUT2D eigenvalue weighted by Gasteiger charge is -2.37. The molecule has 5 heterocycles. The lowest BCUT2D eigenvalue weighted by molar-refractivity contribution is -0.141. The molecule has 0 unspecified atom stereocenters. The second kappa shape index (κ2) is 13.8. The molecule has 8 rings (SSSR count). The van der Waals surface area contributed by atoms with E-state index in [-0.39, 0.29) is 31.3 Å². The number of amides is 5. The van der Waals surface area contributed by atoms with Crippen LogP contribution in [0, 0.1) is 12.8 Å². The molecule has 2 aromatic rings. The van der Waals surface area contributed by atoms with Crippen molar-refractivity contribution in [1.82, 2.24) is 30.1 Å². The molecule has 14 heteroatoms. The summed E-state index contributed by atoms with van der Waals surface area (Å²) in [4.78, 5) is 65.1. The first-order valence-corrected chi connectivity index (χ1v) is 21.3. The normalized spacial score (nSPS) is 31.5. The Bertz CT molecular complexity index is 2010. The molecule has 6 aliphatic rings. The smallest absolute Gasteiger partial charge is 0.318 e. The minimum absolute atomic E-state index is 0.112. The first-order chi connectivity index (χ1) is 25.8. The highest BCUT2D eigenvalue weighted by Crippen LogP contribution is 2.49. The molecule has 1 aromatic carbocycles. The summed E-state index contributed by atoms with van der Waals surface area (Å²) < 4.78 is 34.6. The van der Waals surface area contributed by atoms with Gasteiger partial charge in [0.25, 0.3) is 5.91 Å². The number of rotatable bonds is 4. The van der Waals surface area contributed by atoms with Crippen LogP contribution in [0.15, 0.2) is 36.4 Å². The van der Waals surface area contributed by atoms with Gasteiger partial charge in [-0.3, -0.25) is 19.1 Å². The molecule has 1 aromatic heterocycles. The molecule has 0 radical (unpaired) electrons. The van der Waals surface area contributed by atoms with Crippen LogP contribution in [-0.4, -0.2) is 94.6 Å². The topological polar surface area (TPSA) is 167 Å². The lowest BCUT2D eigenvalue weighted by Crippen LogP contribution is -2.59. The molecule has 0 bridgehead atoms. The second-order valence-corrected chi connectivity index (χ2v) is 19.0. The average Bonchev–Trinajstić information content (AvgIpc) is 4.05. The van der Waals surface area contributed by atoms with Gasteiger partial charge in [-0.25, -0.2) is 18.2 Å². The summed E-state index contributed by atoms with van der Waals surface area (Å²) in [6.07, 6.45) is 12.8. The molecule has 13 nitrogen and oxygen atoms in total. The molecule has 2 saturated carbocycles. The highest BCUT2D eigenvalue weighted by atomic mass is 32.2. The largest absolute Gasteiger partial charge is 0.483 e. The fourth-order valence-electron chi connectivity index (χ4n) is 8.98. The van der Waals surface area contributed by atoms with Crippen molar-refractivity contribution in [2.24, 2.45) is 5.92 Å². The molecule has 1 spiro atoms. The fraction of sp³-hybridized carbons (Fsp3) is 0.625. The third-order valence-electron chi connectivity index (χ3n) is 12.8. The fourth-order valence-corrected chi connectivity index (χ4v) is 10.3. The molecule has 54 heavy (non-hydrogen) atoms. The number of aryl methyl sites for hydroxylation is 2. The monoisotopic (exact) mass is 760 g/mol. The summed E-state index contributed by atoms with van der Waals surface area (Å²) in [7, 11) is -3.96. The van der Waals surface area contributed by atoms with Crippen LogP contribution in [0.1, 0.15) is 102 Å². The first-order valence-electron chi connectivity index (χ1n) is 19.8. The predicted octanol–water partition coefficient (Wildman–Crippen LogP) is 4.17. The van der Waals surface area contributed by atoms with Crippen LogP contribution < -0.4 is 20.1 Å². The number of likely N-dealkylation sites (tertiary alicyclic amines) is 1. The van der Waals surface area contributed by atoms with Gasteiger partial charge in [-0.15, -0.1) is 0 Å². The van der Waals surface area contributed by atoms with Crippen molar-refractivity contribution in [2.45, 2.75) is 132 Å². The molecule has 4 fully saturated rings. The number of ether oxygens (including phenoxy) is 1. The number of benzene rings is 1.